The van der Waals surface area contributed by atoms with Crippen LogP contribution in [-0.4, -0.2) is 106 Å². The Balaban J connectivity index is 1.80. The molecule has 0 spiro atoms. The van der Waals surface area contributed by atoms with Crippen LogP contribution in [0.3, 0.4) is 0 Å². The number of primary amides is 1. The van der Waals surface area contributed by atoms with E-state index in [1.165, 1.54) is 11.1 Å². The first-order valence-corrected chi connectivity index (χ1v) is 12.8. The average molecular weight is 544 g/mol. The second kappa shape index (κ2) is 9.61. The molecular weight excluding hydrogens is 506 g/mol. The highest BCUT2D eigenvalue weighted by Gasteiger charge is 2.64. The number of hydrogen-bond donors (Lipinski definition) is 6. The molecule has 3 aliphatic rings. The molecule has 3 aliphatic carbocycles. The number of ketones is 2. The summed E-state index contributed by atoms with van der Waals surface area (Å²) in [6.45, 7) is 5.32. The van der Waals surface area contributed by atoms with Crippen LogP contribution in [0.5, 0.6) is 5.75 Å². The number of aromatic hydroxyl groups is 1. The average Bonchev–Trinajstić information content (AvgIpc) is 2.79. The molecule has 0 saturated heterocycles. The summed E-state index contributed by atoms with van der Waals surface area (Å²) in [4.78, 5) is 46.9. The van der Waals surface area contributed by atoms with Crippen molar-refractivity contribution in [1.82, 2.24) is 14.8 Å². The Hall–Kier alpha value is -3.48. The van der Waals surface area contributed by atoms with Gasteiger partial charge in [0.2, 0.25) is 5.78 Å². The van der Waals surface area contributed by atoms with Crippen LogP contribution in [0.1, 0.15) is 31.4 Å². The molecule has 0 bridgehead atoms. The van der Waals surface area contributed by atoms with Crippen molar-refractivity contribution in [2.75, 3.05) is 46.6 Å². The number of aromatic nitrogens is 1. The number of amides is 1. The maximum atomic E-state index is 13.9. The molecule has 0 unspecified atom stereocenters. The Morgan fingerprint density at radius 3 is 2.41 bits per heavy atom. The molecule has 0 radical (unpaired) electrons. The van der Waals surface area contributed by atoms with Crippen molar-refractivity contribution in [2.24, 2.45) is 23.0 Å². The van der Waals surface area contributed by atoms with Gasteiger partial charge in [-0.05, 0) is 57.9 Å². The van der Waals surface area contributed by atoms with Gasteiger partial charge in [0.15, 0.2) is 23.0 Å². The molecule has 1 aromatic rings. The normalized spacial score (nSPS) is 27.1. The fraction of sp³-hybridized carbons (Fsp3) is 0.556. The van der Waals surface area contributed by atoms with Crippen LogP contribution in [0.25, 0.3) is 5.76 Å². The van der Waals surface area contributed by atoms with Crippen LogP contribution < -0.4 is 11.1 Å². The van der Waals surface area contributed by atoms with Crippen molar-refractivity contribution >= 4 is 29.1 Å². The predicted octanol–water partition coefficient (Wildman–Crippen LogP) is 0.359. The van der Waals surface area contributed by atoms with Crippen molar-refractivity contribution in [1.29, 1.82) is 0 Å². The first kappa shape index (κ1) is 28.5. The minimum atomic E-state index is -2.66. The number of nitrogens with two attached hydrogens (primary N) is 1. The number of carbonyl (C=O) groups excluding carboxylic acids is 3. The second-order valence-corrected chi connectivity index (χ2v) is 12.1. The maximum Gasteiger partial charge on any atom is 0.255 e. The number of nitrogens with one attached hydrogen (secondary N) is 1. The summed E-state index contributed by atoms with van der Waals surface area (Å²) >= 11 is 0. The summed E-state index contributed by atoms with van der Waals surface area (Å²) in [5.74, 6) is -6.71. The second-order valence-electron chi connectivity index (χ2n) is 12.1. The number of rotatable bonds is 7. The third kappa shape index (κ3) is 4.46. The summed E-state index contributed by atoms with van der Waals surface area (Å²) < 4.78 is 0. The van der Waals surface area contributed by atoms with Gasteiger partial charge in [-0.3, -0.25) is 19.3 Å². The lowest BCUT2D eigenvalue weighted by molar-refractivity contribution is -0.153. The third-order valence-corrected chi connectivity index (χ3v) is 7.94. The minimum absolute atomic E-state index is 0.00852. The largest absolute Gasteiger partial charge is 0.508 e. The molecule has 1 amide bonds. The molecular formula is C27H37N5O7. The molecule has 12 nitrogen and oxygen atoms in total. The van der Waals surface area contributed by atoms with Crippen LogP contribution in [0.4, 0.5) is 5.82 Å². The van der Waals surface area contributed by atoms with Gasteiger partial charge in [-0.1, -0.05) is 13.8 Å². The van der Waals surface area contributed by atoms with E-state index in [2.05, 4.69) is 10.3 Å². The fourth-order valence-corrected chi connectivity index (χ4v) is 6.47. The lowest BCUT2D eigenvalue weighted by Crippen LogP contribution is -2.65. The highest BCUT2D eigenvalue weighted by molar-refractivity contribution is 6.24. The van der Waals surface area contributed by atoms with Gasteiger partial charge in [0, 0.05) is 30.8 Å². The van der Waals surface area contributed by atoms with E-state index in [0.717, 1.165) is 6.54 Å². The van der Waals surface area contributed by atoms with E-state index >= 15 is 0 Å². The number of Topliss-reactive ketones (excluding diaryl/α,β-unsaturated/α-hetero) is 2. The summed E-state index contributed by atoms with van der Waals surface area (Å²) in [6.07, 6.45) is 1.75. The molecule has 0 aromatic carbocycles. The van der Waals surface area contributed by atoms with E-state index in [9.17, 15) is 34.8 Å². The Labute approximate surface area is 226 Å². The van der Waals surface area contributed by atoms with Crippen molar-refractivity contribution in [3.05, 3.63) is 34.2 Å². The zero-order valence-electron chi connectivity index (χ0n) is 23.1. The summed E-state index contributed by atoms with van der Waals surface area (Å²) in [5, 5.41) is 48.1. The Morgan fingerprint density at radius 2 is 1.85 bits per heavy atom. The number of anilines is 1. The minimum Gasteiger partial charge on any atom is -0.508 e. The Morgan fingerprint density at radius 1 is 1.21 bits per heavy atom. The van der Waals surface area contributed by atoms with Crippen molar-refractivity contribution in [3.63, 3.8) is 0 Å². The number of nitrogens with zero attached hydrogens (tertiary/aromatic N) is 3. The topological polar surface area (TPSA) is 190 Å². The molecule has 4 rings (SSSR count). The monoisotopic (exact) mass is 543 g/mol. The Kier molecular flexibility index (Phi) is 7.03. The highest BCUT2D eigenvalue weighted by atomic mass is 16.3. The van der Waals surface area contributed by atoms with Gasteiger partial charge >= 0.3 is 0 Å². The van der Waals surface area contributed by atoms with E-state index in [1.807, 2.05) is 32.8 Å². The number of hydrogen-bond acceptors (Lipinski definition) is 11. The first-order valence-electron chi connectivity index (χ1n) is 12.8. The molecule has 1 aromatic heterocycles. The summed E-state index contributed by atoms with van der Waals surface area (Å²) in [5.41, 5.74) is 1.98. The van der Waals surface area contributed by atoms with Crippen LogP contribution in [-0.2, 0) is 20.8 Å². The fourth-order valence-electron chi connectivity index (χ4n) is 6.47. The van der Waals surface area contributed by atoms with Gasteiger partial charge < -0.3 is 36.4 Å². The number of fused-ring (bicyclic) bond motifs is 3. The molecule has 212 valence electrons. The van der Waals surface area contributed by atoms with Crippen molar-refractivity contribution in [2.45, 2.75) is 38.3 Å². The molecule has 39 heavy (non-hydrogen) atoms. The number of aliphatic hydroxyl groups excluding tert-OH is 2. The standard InChI is InChI=1S/C27H37N5O7/c1-26(2,11-31(3)4)10-30-25-21(35)15-13(9-29-25)7-12-8-14-18(32(5)6)20(34)17(24(28)38)23(37)27(14,39)22(36)16(12)19(15)33/h9,12,14,18,33,35,37,39H,7-8,10-11H2,1-6H3,(H2,28,38)(H,29,30)/t12-,14-,18-,27-/m0/s1. The lowest BCUT2D eigenvalue weighted by Gasteiger charge is -2.50. The van der Waals surface area contributed by atoms with E-state index in [4.69, 9.17) is 5.73 Å². The molecule has 0 aliphatic heterocycles. The van der Waals surface area contributed by atoms with Gasteiger partial charge in [0.25, 0.3) is 5.91 Å². The molecule has 12 heteroatoms. The van der Waals surface area contributed by atoms with Crippen LogP contribution in [0.2, 0.25) is 0 Å². The van der Waals surface area contributed by atoms with Gasteiger partial charge in [0.1, 0.15) is 17.1 Å². The van der Waals surface area contributed by atoms with Crippen LogP contribution >= 0.6 is 0 Å². The number of aliphatic hydroxyl groups is 3. The van der Waals surface area contributed by atoms with E-state index in [1.54, 1.807) is 14.1 Å². The highest BCUT2D eigenvalue weighted by Crippen LogP contribution is 2.52. The van der Waals surface area contributed by atoms with Crippen molar-refractivity contribution in [3.8, 4) is 5.75 Å². The summed E-state index contributed by atoms with van der Waals surface area (Å²) in [6, 6.07) is -1.12. The summed E-state index contributed by atoms with van der Waals surface area (Å²) in [7, 11) is 7.03. The third-order valence-electron chi connectivity index (χ3n) is 7.94. The van der Waals surface area contributed by atoms with Crippen LogP contribution in [0, 0.1) is 17.3 Å². The molecule has 1 fully saturated rings. The smallest absolute Gasteiger partial charge is 0.255 e. The van der Waals surface area contributed by atoms with E-state index in [-0.39, 0.29) is 41.0 Å². The quantitative estimate of drug-likeness (QED) is 0.260. The maximum absolute atomic E-state index is 13.9. The van der Waals surface area contributed by atoms with Gasteiger partial charge in [-0.15, -0.1) is 0 Å². The number of likely N-dealkylation sites (N-methyl/N-ethyl adjacent to an activating group) is 1. The molecule has 7 N–H and O–H groups in total. The number of carbonyl (C=O) groups is 3. The van der Waals surface area contributed by atoms with Gasteiger partial charge in [-0.2, -0.15) is 0 Å². The van der Waals surface area contributed by atoms with Crippen molar-refractivity contribution < 1.29 is 34.8 Å². The van der Waals surface area contributed by atoms with Crippen LogP contribution in [0.15, 0.2) is 23.1 Å². The lowest BCUT2D eigenvalue weighted by atomic mass is 9.57. The van der Waals surface area contributed by atoms with Gasteiger partial charge in [0.05, 0.1) is 11.6 Å². The molecule has 1 heterocycles. The van der Waals surface area contributed by atoms with E-state index < -0.39 is 58.0 Å². The molecule has 4 atom stereocenters. The zero-order chi connectivity index (χ0) is 29.2. The first-order chi connectivity index (χ1) is 18.0. The predicted molar refractivity (Wildman–Crippen MR) is 143 cm³/mol. The molecule has 1 saturated carbocycles. The Bertz CT molecular complexity index is 1320. The van der Waals surface area contributed by atoms with E-state index in [0.29, 0.717) is 12.1 Å². The SMILES string of the molecule is CN(C)CC(C)(C)CNc1ncc2c(c1O)C(O)=C1C(=O)[C@]3(O)C(O)=C(C(N)=O)C(=O)[C@@H](N(C)C)[C@@H]3C[C@@H]1C2. The zero-order valence-corrected chi connectivity index (χ0v) is 23.1. The number of pyridine rings is 1. The van der Waals surface area contributed by atoms with Gasteiger partial charge in [-0.25, -0.2) is 4.98 Å².